The molecule has 0 unspecified atom stereocenters. The third-order valence-electron chi connectivity index (χ3n) is 2.47. The van der Waals surface area contributed by atoms with E-state index in [2.05, 4.69) is 50.0 Å². The summed E-state index contributed by atoms with van der Waals surface area (Å²) < 4.78 is 0. The molecule has 0 saturated heterocycles. The van der Waals surface area contributed by atoms with Crippen LogP contribution in [0, 0.1) is 0 Å². The maximum absolute atomic E-state index is 4.37. The normalized spacial score (nSPS) is 13.3. The Morgan fingerprint density at radius 1 is 1.38 bits per heavy atom. The van der Waals surface area contributed by atoms with Crippen molar-refractivity contribution in [2.24, 2.45) is 0 Å². The fourth-order valence-electron chi connectivity index (χ4n) is 1.19. The molecule has 1 aromatic rings. The smallest absolute Gasteiger partial charge is 0.0401 e. The van der Waals surface area contributed by atoms with Crippen molar-refractivity contribution in [3.63, 3.8) is 0 Å². The molecule has 13 heavy (non-hydrogen) atoms. The van der Waals surface area contributed by atoms with E-state index in [1.165, 1.54) is 5.56 Å². The monoisotopic (exact) mass is 178 g/mol. The number of hydrogen-bond donors (Lipinski definition) is 0. The van der Waals surface area contributed by atoms with E-state index in [4.69, 9.17) is 0 Å². The highest BCUT2D eigenvalue weighted by molar-refractivity contribution is 5.17. The predicted octanol–water partition coefficient (Wildman–Crippen LogP) is 2.27. The summed E-state index contributed by atoms with van der Waals surface area (Å²) in [5.41, 5.74) is 2.44. The van der Waals surface area contributed by atoms with Gasteiger partial charge in [0.05, 0.1) is 0 Å². The number of hydrogen-bond acceptors (Lipinski definition) is 2. The second-order valence-electron chi connectivity index (χ2n) is 3.58. The third kappa shape index (κ3) is 2.52. The quantitative estimate of drug-likeness (QED) is 0.706. The number of nitrogens with zero attached hydrogens (tertiary/aromatic N) is 2. The molecule has 0 amide bonds. The molecule has 0 N–H and O–H groups in total. The van der Waals surface area contributed by atoms with Crippen molar-refractivity contribution in [1.29, 1.82) is 0 Å². The fraction of sp³-hybridized carbons (Fsp3) is 0.545. The SMILES string of the molecule is CCc1ccc([C@@H](C)N(C)C)cn1. The lowest BCUT2D eigenvalue weighted by Gasteiger charge is -2.19. The van der Waals surface area contributed by atoms with E-state index in [0.29, 0.717) is 6.04 Å². The number of aromatic nitrogens is 1. The molecule has 0 aromatic carbocycles. The average molecular weight is 178 g/mol. The van der Waals surface area contributed by atoms with Gasteiger partial charge in [-0.25, -0.2) is 0 Å². The zero-order valence-corrected chi connectivity index (χ0v) is 8.91. The number of rotatable bonds is 3. The first kappa shape index (κ1) is 10.2. The van der Waals surface area contributed by atoms with E-state index in [-0.39, 0.29) is 0 Å². The van der Waals surface area contributed by atoms with E-state index in [0.717, 1.165) is 12.1 Å². The fourth-order valence-corrected chi connectivity index (χ4v) is 1.19. The highest BCUT2D eigenvalue weighted by Gasteiger charge is 2.06. The van der Waals surface area contributed by atoms with Gasteiger partial charge < -0.3 is 4.90 Å². The molecule has 1 atom stereocenters. The Labute approximate surface area is 80.6 Å². The van der Waals surface area contributed by atoms with Crippen LogP contribution in [0.2, 0.25) is 0 Å². The molecule has 0 aliphatic rings. The highest BCUT2D eigenvalue weighted by Crippen LogP contribution is 2.15. The Kier molecular flexibility index (Phi) is 3.43. The summed E-state index contributed by atoms with van der Waals surface area (Å²) >= 11 is 0. The van der Waals surface area contributed by atoms with Crippen LogP contribution in [0.25, 0.3) is 0 Å². The molecule has 0 bridgehead atoms. The molecule has 0 saturated carbocycles. The van der Waals surface area contributed by atoms with Crippen LogP contribution in [0.4, 0.5) is 0 Å². The van der Waals surface area contributed by atoms with Gasteiger partial charge in [-0.1, -0.05) is 13.0 Å². The lowest BCUT2D eigenvalue weighted by atomic mass is 10.1. The van der Waals surface area contributed by atoms with Crippen LogP contribution >= 0.6 is 0 Å². The minimum absolute atomic E-state index is 0.443. The van der Waals surface area contributed by atoms with Crippen LogP contribution < -0.4 is 0 Å². The Hall–Kier alpha value is -0.890. The zero-order chi connectivity index (χ0) is 9.84. The Morgan fingerprint density at radius 3 is 2.46 bits per heavy atom. The van der Waals surface area contributed by atoms with Crippen molar-refractivity contribution < 1.29 is 0 Å². The molecule has 0 aliphatic carbocycles. The lowest BCUT2D eigenvalue weighted by Crippen LogP contribution is -2.16. The van der Waals surface area contributed by atoms with E-state index in [1.54, 1.807) is 0 Å². The predicted molar refractivity (Wildman–Crippen MR) is 55.7 cm³/mol. The van der Waals surface area contributed by atoms with Crippen molar-refractivity contribution in [2.75, 3.05) is 14.1 Å². The van der Waals surface area contributed by atoms with E-state index in [1.807, 2.05) is 6.20 Å². The van der Waals surface area contributed by atoms with Crippen LogP contribution in [-0.4, -0.2) is 24.0 Å². The third-order valence-corrected chi connectivity index (χ3v) is 2.47. The molecule has 1 aromatic heterocycles. The molecular weight excluding hydrogens is 160 g/mol. The van der Waals surface area contributed by atoms with E-state index >= 15 is 0 Å². The van der Waals surface area contributed by atoms with Crippen molar-refractivity contribution in [3.05, 3.63) is 29.6 Å². The lowest BCUT2D eigenvalue weighted by molar-refractivity contribution is 0.320. The van der Waals surface area contributed by atoms with Crippen LogP contribution in [0.1, 0.15) is 31.1 Å². The molecule has 2 nitrogen and oxygen atoms in total. The second-order valence-corrected chi connectivity index (χ2v) is 3.58. The van der Waals surface area contributed by atoms with Gasteiger partial charge in [0.15, 0.2) is 0 Å². The van der Waals surface area contributed by atoms with Gasteiger partial charge in [-0.05, 0) is 39.1 Å². The Morgan fingerprint density at radius 2 is 2.08 bits per heavy atom. The standard InChI is InChI=1S/C11H18N2/c1-5-11-7-6-10(8-12-11)9(2)13(3)4/h6-9H,5H2,1-4H3/t9-/m1/s1. The summed E-state index contributed by atoms with van der Waals surface area (Å²) in [5, 5.41) is 0. The average Bonchev–Trinajstić information content (AvgIpc) is 2.17. The second kappa shape index (κ2) is 4.38. The van der Waals surface area contributed by atoms with Crippen molar-refractivity contribution in [3.8, 4) is 0 Å². The van der Waals surface area contributed by atoms with Gasteiger partial charge in [-0.15, -0.1) is 0 Å². The molecular formula is C11H18N2. The van der Waals surface area contributed by atoms with Gasteiger partial charge in [0.1, 0.15) is 0 Å². The van der Waals surface area contributed by atoms with Gasteiger partial charge in [0.25, 0.3) is 0 Å². The first-order valence-electron chi connectivity index (χ1n) is 4.76. The first-order chi connectivity index (χ1) is 6.15. The molecule has 0 fully saturated rings. The molecule has 1 rings (SSSR count). The Bertz CT molecular complexity index is 251. The summed E-state index contributed by atoms with van der Waals surface area (Å²) in [7, 11) is 4.16. The van der Waals surface area contributed by atoms with E-state index < -0.39 is 0 Å². The summed E-state index contributed by atoms with van der Waals surface area (Å²) in [6.45, 7) is 4.31. The summed E-state index contributed by atoms with van der Waals surface area (Å²) in [4.78, 5) is 6.56. The maximum atomic E-state index is 4.37. The Balaban J connectivity index is 2.79. The number of aryl methyl sites for hydroxylation is 1. The van der Waals surface area contributed by atoms with Crippen LogP contribution in [0.3, 0.4) is 0 Å². The molecule has 2 heteroatoms. The molecule has 1 heterocycles. The number of pyridine rings is 1. The zero-order valence-electron chi connectivity index (χ0n) is 8.91. The van der Waals surface area contributed by atoms with E-state index in [9.17, 15) is 0 Å². The maximum Gasteiger partial charge on any atom is 0.0401 e. The van der Waals surface area contributed by atoms with Gasteiger partial charge in [-0.3, -0.25) is 4.98 Å². The summed E-state index contributed by atoms with van der Waals surface area (Å²) in [5.74, 6) is 0. The molecule has 0 aliphatic heterocycles. The minimum Gasteiger partial charge on any atom is -0.303 e. The van der Waals surface area contributed by atoms with Gasteiger partial charge in [-0.2, -0.15) is 0 Å². The summed E-state index contributed by atoms with van der Waals surface area (Å²) in [6, 6.07) is 4.71. The summed E-state index contributed by atoms with van der Waals surface area (Å²) in [6.07, 6.45) is 2.99. The van der Waals surface area contributed by atoms with Gasteiger partial charge >= 0.3 is 0 Å². The van der Waals surface area contributed by atoms with Crippen LogP contribution in [-0.2, 0) is 6.42 Å². The molecule has 0 spiro atoms. The highest BCUT2D eigenvalue weighted by atomic mass is 15.1. The van der Waals surface area contributed by atoms with Crippen molar-refractivity contribution in [2.45, 2.75) is 26.3 Å². The van der Waals surface area contributed by atoms with Crippen molar-refractivity contribution in [1.82, 2.24) is 9.88 Å². The van der Waals surface area contributed by atoms with Gasteiger partial charge in [0.2, 0.25) is 0 Å². The van der Waals surface area contributed by atoms with Crippen LogP contribution in [0.15, 0.2) is 18.3 Å². The minimum atomic E-state index is 0.443. The van der Waals surface area contributed by atoms with Gasteiger partial charge in [0, 0.05) is 17.9 Å². The molecule has 72 valence electrons. The topological polar surface area (TPSA) is 16.1 Å². The largest absolute Gasteiger partial charge is 0.303 e. The van der Waals surface area contributed by atoms with Crippen LogP contribution in [0.5, 0.6) is 0 Å². The van der Waals surface area contributed by atoms with Crippen molar-refractivity contribution >= 4 is 0 Å². The first-order valence-corrected chi connectivity index (χ1v) is 4.76. The molecule has 0 radical (unpaired) electrons.